The van der Waals surface area contributed by atoms with Gasteiger partial charge in [0.2, 0.25) is 10.0 Å². The van der Waals surface area contributed by atoms with Crippen LogP contribution in [0.3, 0.4) is 0 Å². The minimum Gasteiger partial charge on any atom is -0.382 e. The van der Waals surface area contributed by atoms with Crippen LogP contribution in [0.25, 0.3) is 0 Å². The van der Waals surface area contributed by atoms with Gasteiger partial charge >= 0.3 is 0 Å². The van der Waals surface area contributed by atoms with E-state index in [1.165, 1.54) is 11.3 Å². The minimum absolute atomic E-state index is 0.395. The molecule has 0 saturated carbocycles. The minimum atomic E-state index is -3.41. The van der Waals surface area contributed by atoms with Crippen molar-refractivity contribution in [1.82, 2.24) is 10.0 Å². The van der Waals surface area contributed by atoms with Crippen LogP contribution in [0, 0.1) is 6.92 Å². The SMILES string of the molecule is CCNCc1cc(S(=O)(=O)NCCCOCC)c(C)s1. The van der Waals surface area contributed by atoms with Gasteiger partial charge in [0, 0.05) is 36.1 Å². The van der Waals surface area contributed by atoms with E-state index in [0.29, 0.717) is 37.6 Å². The molecule has 0 radical (unpaired) electrons. The van der Waals surface area contributed by atoms with Gasteiger partial charge in [-0.05, 0) is 32.9 Å². The quantitative estimate of drug-likeness (QED) is 0.646. The number of nitrogens with one attached hydrogen (secondary N) is 2. The van der Waals surface area contributed by atoms with E-state index in [4.69, 9.17) is 4.74 Å². The van der Waals surface area contributed by atoms with Crippen LogP contribution in [-0.2, 0) is 21.3 Å². The molecule has 5 nitrogen and oxygen atoms in total. The molecule has 1 aromatic rings. The summed E-state index contributed by atoms with van der Waals surface area (Å²) in [5.41, 5.74) is 0. The molecule has 0 amide bonds. The van der Waals surface area contributed by atoms with Crippen molar-refractivity contribution in [3.8, 4) is 0 Å². The zero-order valence-electron chi connectivity index (χ0n) is 12.4. The highest BCUT2D eigenvalue weighted by atomic mass is 32.2. The van der Waals surface area contributed by atoms with Crippen molar-refractivity contribution in [1.29, 1.82) is 0 Å². The Morgan fingerprint density at radius 1 is 1.35 bits per heavy atom. The van der Waals surface area contributed by atoms with E-state index < -0.39 is 10.0 Å². The third-order valence-corrected chi connectivity index (χ3v) is 5.49. The highest BCUT2D eigenvalue weighted by Gasteiger charge is 2.19. The average Bonchev–Trinajstić information content (AvgIpc) is 2.78. The Balaban J connectivity index is 2.60. The number of rotatable bonds is 10. The molecule has 0 aliphatic rings. The summed E-state index contributed by atoms with van der Waals surface area (Å²) < 4.78 is 32.2. The average molecular weight is 320 g/mol. The molecule has 1 rings (SSSR count). The Labute approximate surface area is 125 Å². The summed E-state index contributed by atoms with van der Waals surface area (Å²) in [5, 5.41) is 3.20. The molecule has 1 aromatic heterocycles. The number of thiophene rings is 1. The van der Waals surface area contributed by atoms with Crippen molar-refractivity contribution >= 4 is 21.4 Å². The zero-order chi connectivity index (χ0) is 15.0. The first-order valence-electron chi connectivity index (χ1n) is 6.88. The fourth-order valence-electron chi connectivity index (χ4n) is 1.73. The highest BCUT2D eigenvalue weighted by molar-refractivity contribution is 7.89. The van der Waals surface area contributed by atoms with Crippen LogP contribution in [0.4, 0.5) is 0 Å². The summed E-state index contributed by atoms with van der Waals surface area (Å²) in [6.45, 7) is 9.01. The van der Waals surface area contributed by atoms with E-state index in [0.717, 1.165) is 16.3 Å². The van der Waals surface area contributed by atoms with Crippen LogP contribution in [0.1, 0.15) is 30.0 Å². The van der Waals surface area contributed by atoms with E-state index in [-0.39, 0.29) is 0 Å². The molecule has 0 spiro atoms. The first-order valence-corrected chi connectivity index (χ1v) is 9.18. The third kappa shape index (κ3) is 5.49. The van der Waals surface area contributed by atoms with Gasteiger partial charge in [-0.25, -0.2) is 13.1 Å². The van der Waals surface area contributed by atoms with Gasteiger partial charge in [0.1, 0.15) is 0 Å². The number of aryl methyl sites for hydroxylation is 1. The topological polar surface area (TPSA) is 67.4 Å². The Bertz CT molecular complexity index is 498. The van der Waals surface area contributed by atoms with Gasteiger partial charge in [-0.1, -0.05) is 6.92 Å². The second-order valence-electron chi connectivity index (χ2n) is 4.36. The van der Waals surface area contributed by atoms with Gasteiger partial charge in [0.15, 0.2) is 0 Å². The summed E-state index contributed by atoms with van der Waals surface area (Å²) in [6, 6.07) is 1.76. The molecular formula is C13H24N2O3S2. The number of hydrogen-bond acceptors (Lipinski definition) is 5. The van der Waals surface area contributed by atoms with Crippen molar-refractivity contribution in [2.45, 2.75) is 38.6 Å². The van der Waals surface area contributed by atoms with Crippen LogP contribution >= 0.6 is 11.3 Å². The molecule has 0 aromatic carbocycles. The van der Waals surface area contributed by atoms with Crippen molar-refractivity contribution in [3.63, 3.8) is 0 Å². The molecule has 0 fully saturated rings. The van der Waals surface area contributed by atoms with Crippen LogP contribution in [0.5, 0.6) is 0 Å². The van der Waals surface area contributed by atoms with Crippen LogP contribution in [0.2, 0.25) is 0 Å². The number of ether oxygens (including phenoxy) is 1. The lowest BCUT2D eigenvalue weighted by Gasteiger charge is -2.06. The fourth-order valence-corrected chi connectivity index (χ4v) is 4.41. The van der Waals surface area contributed by atoms with Crippen molar-refractivity contribution in [3.05, 3.63) is 15.8 Å². The van der Waals surface area contributed by atoms with E-state index in [1.54, 1.807) is 6.07 Å². The first-order chi connectivity index (χ1) is 9.51. The van der Waals surface area contributed by atoms with E-state index in [2.05, 4.69) is 10.0 Å². The molecule has 2 N–H and O–H groups in total. The molecule has 0 atom stereocenters. The van der Waals surface area contributed by atoms with Crippen LogP contribution in [0.15, 0.2) is 11.0 Å². The molecule has 0 aliphatic heterocycles. The maximum atomic E-state index is 12.2. The monoisotopic (exact) mass is 320 g/mol. The third-order valence-electron chi connectivity index (χ3n) is 2.72. The van der Waals surface area contributed by atoms with Gasteiger partial charge in [-0.2, -0.15) is 0 Å². The second kappa shape index (κ2) is 8.74. The molecule has 0 saturated heterocycles. The molecule has 0 aliphatic carbocycles. The summed E-state index contributed by atoms with van der Waals surface area (Å²) >= 11 is 1.52. The van der Waals surface area contributed by atoms with Crippen molar-refractivity contribution in [2.75, 3.05) is 26.3 Å². The maximum absolute atomic E-state index is 12.2. The van der Waals surface area contributed by atoms with Gasteiger partial charge in [-0.3, -0.25) is 0 Å². The molecule has 7 heteroatoms. The maximum Gasteiger partial charge on any atom is 0.241 e. The number of hydrogen-bond donors (Lipinski definition) is 2. The van der Waals surface area contributed by atoms with E-state index >= 15 is 0 Å². The van der Waals surface area contributed by atoms with Crippen molar-refractivity contribution < 1.29 is 13.2 Å². The summed E-state index contributed by atoms with van der Waals surface area (Å²) in [4.78, 5) is 2.26. The Hall–Kier alpha value is -0.470. The van der Waals surface area contributed by atoms with Gasteiger partial charge in [0.25, 0.3) is 0 Å². The predicted octanol–water partition coefficient (Wildman–Crippen LogP) is 1.87. The van der Waals surface area contributed by atoms with E-state index in [1.807, 2.05) is 20.8 Å². The second-order valence-corrected chi connectivity index (χ2v) is 7.44. The predicted molar refractivity (Wildman–Crippen MR) is 82.7 cm³/mol. The zero-order valence-corrected chi connectivity index (χ0v) is 14.0. The highest BCUT2D eigenvalue weighted by Crippen LogP contribution is 2.25. The lowest BCUT2D eigenvalue weighted by Crippen LogP contribution is -2.25. The van der Waals surface area contributed by atoms with Gasteiger partial charge in [-0.15, -0.1) is 11.3 Å². The van der Waals surface area contributed by atoms with E-state index in [9.17, 15) is 8.42 Å². The molecule has 0 bridgehead atoms. The Morgan fingerprint density at radius 2 is 2.10 bits per heavy atom. The molecular weight excluding hydrogens is 296 g/mol. The normalized spacial score (nSPS) is 11.9. The van der Waals surface area contributed by atoms with Crippen LogP contribution < -0.4 is 10.0 Å². The van der Waals surface area contributed by atoms with Gasteiger partial charge < -0.3 is 10.1 Å². The summed E-state index contributed by atoms with van der Waals surface area (Å²) in [6.07, 6.45) is 0.681. The lowest BCUT2D eigenvalue weighted by molar-refractivity contribution is 0.146. The molecule has 20 heavy (non-hydrogen) atoms. The summed E-state index contributed by atoms with van der Waals surface area (Å²) in [7, 11) is -3.41. The first kappa shape index (κ1) is 17.6. The van der Waals surface area contributed by atoms with Crippen LogP contribution in [-0.4, -0.2) is 34.7 Å². The largest absolute Gasteiger partial charge is 0.382 e. The fraction of sp³-hybridized carbons (Fsp3) is 0.692. The molecule has 116 valence electrons. The Morgan fingerprint density at radius 3 is 2.75 bits per heavy atom. The number of sulfonamides is 1. The van der Waals surface area contributed by atoms with Crippen molar-refractivity contribution in [2.24, 2.45) is 0 Å². The smallest absolute Gasteiger partial charge is 0.241 e. The lowest BCUT2D eigenvalue weighted by atomic mass is 10.4. The standard InChI is InChI=1S/C13H24N2O3S2/c1-4-14-10-12-9-13(11(3)19-12)20(16,17)15-7-6-8-18-5-2/h9,14-15H,4-8,10H2,1-3H3. The summed E-state index contributed by atoms with van der Waals surface area (Å²) in [5.74, 6) is 0. The van der Waals surface area contributed by atoms with Gasteiger partial charge in [0.05, 0.1) is 4.90 Å². The molecule has 0 unspecified atom stereocenters. The molecule has 1 heterocycles. The Kier molecular flexibility index (Phi) is 7.68.